The number of carbonyl (C=O) groups is 3. The van der Waals surface area contributed by atoms with E-state index in [0.717, 1.165) is 0 Å². The molecule has 0 unspecified atom stereocenters. The number of ether oxygens (including phenoxy) is 2. The van der Waals surface area contributed by atoms with Crippen molar-refractivity contribution in [2.24, 2.45) is 5.41 Å². The smallest absolute Gasteiger partial charge is 0.324 e. The van der Waals surface area contributed by atoms with Gasteiger partial charge >= 0.3 is 11.9 Å². The summed E-state index contributed by atoms with van der Waals surface area (Å²) < 4.78 is 9.86. The number of allylic oxidation sites excluding steroid dienone is 2. The third-order valence-corrected chi connectivity index (χ3v) is 2.80. The number of hydrogen-bond donors (Lipinski definition) is 0. The Kier molecular flexibility index (Phi) is 4.64. The molecule has 1 aliphatic carbocycles. The van der Waals surface area contributed by atoms with Crippen LogP contribution in [-0.2, 0) is 23.9 Å². The average Bonchev–Trinajstić information content (AvgIpc) is 2.28. The summed E-state index contributed by atoms with van der Waals surface area (Å²) in [7, 11) is 0. The highest BCUT2D eigenvalue weighted by molar-refractivity contribution is 6.07. The van der Waals surface area contributed by atoms with Crippen LogP contribution < -0.4 is 0 Å². The van der Waals surface area contributed by atoms with Crippen LogP contribution in [0.1, 0.15) is 33.6 Å². The minimum Gasteiger partial charge on any atom is -0.465 e. The SMILES string of the molecule is CCOC(=O)C1(C(=O)OCC)CC(=O)C=C(C)C1. The highest BCUT2D eigenvalue weighted by Crippen LogP contribution is 2.37. The second kappa shape index (κ2) is 5.80. The molecule has 1 aliphatic rings. The van der Waals surface area contributed by atoms with Crippen LogP contribution in [0.25, 0.3) is 0 Å². The van der Waals surface area contributed by atoms with E-state index in [1.165, 1.54) is 6.08 Å². The summed E-state index contributed by atoms with van der Waals surface area (Å²) in [4.78, 5) is 35.7. The molecule has 0 radical (unpaired) electrons. The van der Waals surface area contributed by atoms with Gasteiger partial charge in [0, 0.05) is 6.42 Å². The van der Waals surface area contributed by atoms with Crippen molar-refractivity contribution in [3.8, 4) is 0 Å². The Morgan fingerprint density at radius 3 is 2.06 bits per heavy atom. The molecular weight excluding hydrogens is 236 g/mol. The Bertz CT molecular complexity index is 376. The molecule has 0 atom stereocenters. The van der Waals surface area contributed by atoms with Gasteiger partial charge in [-0.25, -0.2) is 0 Å². The van der Waals surface area contributed by atoms with Crippen LogP contribution >= 0.6 is 0 Å². The van der Waals surface area contributed by atoms with E-state index < -0.39 is 17.4 Å². The van der Waals surface area contributed by atoms with Crippen molar-refractivity contribution in [2.45, 2.75) is 33.6 Å². The minimum atomic E-state index is -1.50. The Morgan fingerprint density at radius 1 is 1.17 bits per heavy atom. The van der Waals surface area contributed by atoms with Crippen LogP contribution in [-0.4, -0.2) is 30.9 Å². The van der Waals surface area contributed by atoms with Gasteiger partial charge in [-0.15, -0.1) is 0 Å². The molecule has 0 aromatic heterocycles. The maximum atomic E-state index is 12.0. The van der Waals surface area contributed by atoms with Gasteiger partial charge in [0.25, 0.3) is 0 Å². The maximum absolute atomic E-state index is 12.0. The molecule has 0 N–H and O–H groups in total. The fraction of sp³-hybridized carbons (Fsp3) is 0.615. The molecule has 0 saturated carbocycles. The number of rotatable bonds is 4. The highest BCUT2D eigenvalue weighted by atomic mass is 16.6. The van der Waals surface area contributed by atoms with Gasteiger partial charge in [0.05, 0.1) is 13.2 Å². The summed E-state index contributed by atoms with van der Waals surface area (Å²) in [5.74, 6) is -1.60. The Balaban J connectivity index is 3.10. The second-order valence-corrected chi connectivity index (χ2v) is 4.33. The van der Waals surface area contributed by atoms with E-state index in [1.54, 1.807) is 20.8 Å². The second-order valence-electron chi connectivity index (χ2n) is 4.33. The summed E-state index contributed by atoms with van der Waals surface area (Å²) in [5.41, 5.74) is -0.811. The molecule has 0 aromatic rings. The van der Waals surface area contributed by atoms with E-state index in [-0.39, 0.29) is 31.8 Å². The molecule has 1 rings (SSSR count). The summed E-state index contributed by atoms with van der Waals surface area (Å²) in [6, 6.07) is 0. The van der Waals surface area contributed by atoms with Gasteiger partial charge in [-0.1, -0.05) is 5.57 Å². The molecule has 5 nitrogen and oxygen atoms in total. The van der Waals surface area contributed by atoms with Crippen LogP contribution in [0.15, 0.2) is 11.6 Å². The third kappa shape index (κ3) is 2.78. The van der Waals surface area contributed by atoms with Crippen molar-refractivity contribution < 1.29 is 23.9 Å². The van der Waals surface area contributed by atoms with Gasteiger partial charge in [0.1, 0.15) is 0 Å². The molecule has 0 aromatic carbocycles. The zero-order chi connectivity index (χ0) is 13.8. The van der Waals surface area contributed by atoms with Crippen molar-refractivity contribution in [2.75, 3.05) is 13.2 Å². The molecule has 5 heteroatoms. The van der Waals surface area contributed by atoms with Crippen molar-refractivity contribution in [3.63, 3.8) is 0 Å². The van der Waals surface area contributed by atoms with Crippen molar-refractivity contribution in [1.82, 2.24) is 0 Å². The standard InChI is InChI=1S/C13H18O5/c1-4-17-11(15)13(12(16)18-5-2)7-9(3)6-10(14)8-13/h6H,4-5,7-8H2,1-3H3. The minimum absolute atomic E-state index is 0.164. The molecule has 18 heavy (non-hydrogen) atoms. The molecule has 0 heterocycles. The van der Waals surface area contributed by atoms with Gasteiger partial charge in [0.15, 0.2) is 11.2 Å². The lowest BCUT2D eigenvalue weighted by Crippen LogP contribution is -2.45. The lowest BCUT2D eigenvalue weighted by molar-refractivity contribution is -0.174. The fourth-order valence-corrected chi connectivity index (χ4v) is 2.12. The van der Waals surface area contributed by atoms with E-state index in [0.29, 0.717) is 5.57 Å². The molecule has 0 fully saturated rings. The maximum Gasteiger partial charge on any atom is 0.324 e. The van der Waals surface area contributed by atoms with Crippen LogP contribution in [0.2, 0.25) is 0 Å². The topological polar surface area (TPSA) is 69.7 Å². The lowest BCUT2D eigenvalue weighted by atomic mass is 9.73. The van der Waals surface area contributed by atoms with E-state index in [1.807, 2.05) is 0 Å². The Hall–Kier alpha value is -1.65. The van der Waals surface area contributed by atoms with E-state index in [2.05, 4.69) is 0 Å². The summed E-state index contributed by atoms with van der Waals surface area (Å²) in [6.45, 7) is 5.35. The lowest BCUT2D eigenvalue weighted by Gasteiger charge is -2.31. The summed E-state index contributed by atoms with van der Waals surface area (Å²) in [6.07, 6.45) is 1.45. The quantitative estimate of drug-likeness (QED) is 0.560. The Labute approximate surface area is 106 Å². The summed E-state index contributed by atoms with van der Waals surface area (Å²) >= 11 is 0. The normalized spacial score (nSPS) is 17.9. The zero-order valence-electron chi connectivity index (χ0n) is 10.9. The van der Waals surface area contributed by atoms with Crippen molar-refractivity contribution >= 4 is 17.7 Å². The first kappa shape index (κ1) is 14.4. The van der Waals surface area contributed by atoms with Crippen molar-refractivity contribution in [1.29, 1.82) is 0 Å². The monoisotopic (exact) mass is 254 g/mol. The van der Waals surface area contributed by atoms with E-state index in [9.17, 15) is 14.4 Å². The predicted molar refractivity (Wildman–Crippen MR) is 63.7 cm³/mol. The van der Waals surface area contributed by atoms with Gasteiger partial charge in [-0.05, 0) is 33.3 Å². The highest BCUT2D eigenvalue weighted by Gasteiger charge is 2.51. The molecule has 0 saturated heterocycles. The molecule has 0 aliphatic heterocycles. The molecular formula is C13H18O5. The average molecular weight is 254 g/mol. The van der Waals surface area contributed by atoms with Crippen LogP contribution in [0.3, 0.4) is 0 Å². The third-order valence-electron chi connectivity index (χ3n) is 2.80. The predicted octanol–water partition coefficient (Wildman–Crippen LogP) is 1.41. The Morgan fingerprint density at radius 2 is 1.67 bits per heavy atom. The van der Waals surface area contributed by atoms with E-state index in [4.69, 9.17) is 9.47 Å². The van der Waals surface area contributed by atoms with Crippen LogP contribution in [0.5, 0.6) is 0 Å². The molecule has 0 bridgehead atoms. The van der Waals surface area contributed by atoms with Gasteiger partial charge in [-0.2, -0.15) is 0 Å². The number of carbonyl (C=O) groups excluding carboxylic acids is 3. The van der Waals surface area contributed by atoms with Crippen LogP contribution in [0, 0.1) is 5.41 Å². The first-order valence-electron chi connectivity index (χ1n) is 6.00. The van der Waals surface area contributed by atoms with E-state index >= 15 is 0 Å². The molecule has 0 spiro atoms. The van der Waals surface area contributed by atoms with Crippen LogP contribution in [0.4, 0.5) is 0 Å². The van der Waals surface area contributed by atoms with Gasteiger partial charge < -0.3 is 9.47 Å². The summed E-state index contributed by atoms with van der Waals surface area (Å²) in [5, 5.41) is 0. The van der Waals surface area contributed by atoms with Gasteiger partial charge in [-0.3, -0.25) is 14.4 Å². The first-order chi connectivity index (χ1) is 8.46. The number of esters is 2. The van der Waals surface area contributed by atoms with Crippen molar-refractivity contribution in [3.05, 3.63) is 11.6 Å². The fourth-order valence-electron chi connectivity index (χ4n) is 2.12. The largest absolute Gasteiger partial charge is 0.465 e. The molecule has 100 valence electrons. The number of ketones is 1. The van der Waals surface area contributed by atoms with Gasteiger partial charge in [0.2, 0.25) is 0 Å². The number of hydrogen-bond acceptors (Lipinski definition) is 5. The zero-order valence-corrected chi connectivity index (χ0v) is 10.9. The molecule has 0 amide bonds. The first-order valence-corrected chi connectivity index (χ1v) is 6.00.